The molecule has 1 aliphatic heterocycles. The van der Waals surface area contributed by atoms with E-state index >= 15 is 0 Å². The summed E-state index contributed by atoms with van der Waals surface area (Å²) in [4.78, 5) is 14.9. The Labute approximate surface area is 200 Å². The molecule has 1 N–H and O–H groups in total. The van der Waals surface area contributed by atoms with Crippen LogP contribution in [0.3, 0.4) is 0 Å². The van der Waals surface area contributed by atoms with Crippen molar-refractivity contribution in [2.24, 2.45) is 0 Å². The van der Waals surface area contributed by atoms with Crippen LogP contribution in [0.25, 0.3) is 16.9 Å². The van der Waals surface area contributed by atoms with E-state index in [1.54, 1.807) is 0 Å². The van der Waals surface area contributed by atoms with Gasteiger partial charge in [-0.05, 0) is 50.1 Å². The van der Waals surface area contributed by atoms with Gasteiger partial charge in [0.15, 0.2) is 0 Å². The highest BCUT2D eigenvalue weighted by Crippen LogP contribution is 2.24. The molecule has 6 nitrogen and oxygen atoms in total. The van der Waals surface area contributed by atoms with Gasteiger partial charge in [0.1, 0.15) is 0 Å². The number of nitrogens with one attached hydrogen (secondary N) is 1. The molecular formula is C26H31ClN4O2. The number of hydrogen-bond acceptors (Lipinski definition) is 4. The Morgan fingerprint density at radius 1 is 1.12 bits per heavy atom. The van der Waals surface area contributed by atoms with Gasteiger partial charge in [-0.2, -0.15) is 5.10 Å². The van der Waals surface area contributed by atoms with Gasteiger partial charge in [-0.1, -0.05) is 41.9 Å². The number of rotatable bonds is 8. The van der Waals surface area contributed by atoms with E-state index in [4.69, 9.17) is 21.4 Å². The van der Waals surface area contributed by atoms with Gasteiger partial charge < -0.3 is 10.1 Å². The third kappa shape index (κ3) is 6.44. The second-order valence-corrected chi connectivity index (χ2v) is 9.15. The van der Waals surface area contributed by atoms with Crippen LogP contribution in [0.5, 0.6) is 0 Å². The Hall–Kier alpha value is -2.67. The minimum absolute atomic E-state index is 0.0295. The van der Waals surface area contributed by atoms with E-state index in [9.17, 15) is 4.79 Å². The number of morpholine rings is 1. The van der Waals surface area contributed by atoms with Crippen LogP contribution >= 0.6 is 11.6 Å². The average Bonchev–Trinajstić information content (AvgIpc) is 3.22. The Morgan fingerprint density at radius 3 is 2.58 bits per heavy atom. The van der Waals surface area contributed by atoms with Gasteiger partial charge in [-0.3, -0.25) is 9.69 Å². The molecule has 1 aromatic heterocycles. The molecule has 4 rings (SSSR count). The van der Waals surface area contributed by atoms with Crippen molar-refractivity contribution >= 4 is 17.5 Å². The van der Waals surface area contributed by atoms with E-state index in [1.807, 2.05) is 48.9 Å². The Bertz CT molecular complexity index is 1070. The van der Waals surface area contributed by atoms with Crippen molar-refractivity contribution in [1.82, 2.24) is 20.0 Å². The summed E-state index contributed by atoms with van der Waals surface area (Å²) in [7, 11) is 0. The van der Waals surface area contributed by atoms with Crippen molar-refractivity contribution in [2.45, 2.75) is 32.7 Å². The van der Waals surface area contributed by atoms with Gasteiger partial charge >= 0.3 is 0 Å². The molecule has 3 aromatic rings. The molecule has 0 unspecified atom stereocenters. The van der Waals surface area contributed by atoms with Crippen molar-refractivity contribution in [3.8, 4) is 16.9 Å². The summed E-state index contributed by atoms with van der Waals surface area (Å²) < 4.78 is 7.24. The largest absolute Gasteiger partial charge is 0.379 e. The molecular weight excluding hydrogens is 436 g/mol. The van der Waals surface area contributed by atoms with Crippen LogP contribution in [0, 0.1) is 0 Å². The molecule has 0 saturated carbocycles. The van der Waals surface area contributed by atoms with E-state index in [1.165, 1.54) is 5.56 Å². The molecule has 2 aromatic carbocycles. The summed E-state index contributed by atoms with van der Waals surface area (Å²) in [6.07, 6.45) is 1.26. The Morgan fingerprint density at radius 2 is 1.88 bits per heavy atom. The summed E-state index contributed by atoms with van der Waals surface area (Å²) in [5, 5.41) is 8.42. The maximum absolute atomic E-state index is 12.5. The van der Waals surface area contributed by atoms with Gasteiger partial charge in [-0.25, -0.2) is 4.68 Å². The maximum atomic E-state index is 12.5. The normalized spacial score (nSPS) is 14.5. The van der Waals surface area contributed by atoms with Crippen LogP contribution < -0.4 is 5.32 Å². The Kier molecular flexibility index (Phi) is 7.81. The zero-order valence-electron chi connectivity index (χ0n) is 19.3. The van der Waals surface area contributed by atoms with Gasteiger partial charge in [0, 0.05) is 36.3 Å². The highest BCUT2D eigenvalue weighted by atomic mass is 35.5. The lowest BCUT2D eigenvalue weighted by Gasteiger charge is -2.26. The lowest BCUT2D eigenvalue weighted by Crippen LogP contribution is -2.37. The monoisotopic (exact) mass is 466 g/mol. The average molecular weight is 467 g/mol. The molecule has 1 fully saturated rings. The quantitative estimate of drug-likeness (QED) is 0.542. The summed E-state index contributed by atoms with van der Waals surface area (Å²) in [5.41, 5.74) is 4.82. The van der Waals surface area contributed by atoms with E-state index in [0.29, 0.717) is 5.02 Å². The molecule has 1 amide bonds. The zero-order chi connectivity index (χ0) is 23.2. The molecule has 33 heavy (non-hydrogen) atoms. The van der Waals surface area contributed by atoms with E-state index in [2.05, 4.69) is 34.5 Å². The number of nitrogens with zero attached hydrogens (tertiary/aromatic N) is 3. The summed E-state index contributed by atoms with van der Waals surface area (Å²) >= 11 is 6.22. The second-order valence-electron chi connectivity index (χ2n) is 8.71. The fraction of sp³-hybridized carbons (Fsp3) is 0.385. The minimum Gasteiger partial charge on any atom is -0.379 e. The van der Waals surface area contributed by atoms with Gasteiger partial charge in [0.25, 0.3) is 0 Å². The topological polar surface area (TPSA) is 59.4 Å². The van der Waals surface area contributed by atoms with Crippen LogP contribution in [0.2, 0.25) is 5.02 Å². The maximum Gasteiger partial charge on any atom is 0.226 e. The van der Waals surface area contributed by atoms with Crippen LogP contribution in [0.4, 0.5) is 0 Å². The van der Waals surface area contributed by atoms with Crippen molar-refractivity contribution in [3.05, 3.63) is 70.9 Å². The number of aromatic nitrogens is 2. The van der Waals surface area contributed by atoms with Crippen LogP contribution in [0.15, 0.2) is 54.6 Å². The molecule has 2 heterocycles. The third-order valence-corrected chi connectivity index (χ3v) is 5.93. The number of carbonyl (C=O) groups excluding carboxylic acids is 1. The van der Waals surface area contributed by atoms with Gasteiger partial charge in [0.2, 0.25) is 5.91 Å². The number of carbonyl (C=O) groups is 1. The summed E-state index contributed by atoms with van der Waals surface area (Å²) in [6.45, 7) is 8.62. The number of ether oxygens (including phenoxy) is 1. The number of hydrogen-bond donors (Lipinski definition) is 1. The van der Waals surface area contributed by atoms with E-state index in [-0.39, 0.29) is 18.4 Å². The first-order chi connectivity index (χ1) is 16.0. The minimum atomic E-state index is -0.0295. The second kappa shape index (κ2) is 11.0. The van der Waals surface area contributed by atoms with Crippen LogP contribution in [-0.4, -0.2) is 59.5 Å². The number of amides is 1. The fourth-order valence-corrected chi connectivity index (χ4v) is 4.19. The van der Waals surface area contributed by atoms with Gasteiger partial charge in [-0.15, -0.1) is 0 Å². The molecule has 0 bridgehead atoms. The predicted molar refractivity (Wildman–Crippen MR) is 132 cm³/mol. The van der Waals surface area contributed by atoms with Gasteiger partial charge in [0.05, 0.1) is 36.7 Å². The fourth-order valence-electron chi connectivity index (χ4n) is 4.01. The van der Waals surface area contributed by atoms with Crippen molar-refractivity contribution in [3.63, 3.8) is 0 Å². The lowest BCUT2D eigenvalue weighted by molar-refractivity contribution is -0.121. The SMILES string of the molecule is CC(C)NC(=O)Cc1cc(-c2ccc(CCN3CCOCC3)cc2)nn1-c1cccc(Cl)c1. The lowest BCUT2D eigenvalue weighted by atomic mass is 10.1. The molecule has 1 aliphatic rings. The highest BCUT2D eigenvalue weighted by Gasteiger charge is 2.16. The van der Waals surface area contributed by atoms with Crippen molar-refractivity contribution in [1.29, 1.82) is 0 Å². The van der Waals surface area contributed by atoms with Crippen molar-refractivity contribution in [2.75, 3.05) is 32.8 Å². The molecule has 0 spiro atoms. The summed E-state index contributed by atoms with van der Waals surface area (Å²) in [5.74, 6) is -0.0295. The molecule has 0 aliphatic carbocycles. The first-order valence-corrected chi connectivity index (χ1v) is 11.9. The summed E-state index contributed by atoms with van der Waals surface area (Å²) in [6, 6.07) is 18.1. The molecule has 0 atom stereocenters. The molecule has 7 heteroatoms. The molecule has 174 valence electrons. The van der Waals surface area contributed by atoms with Crippen molar-refractivity contribution < 1.29 is 9.53 Å². The highest BCUT2D eigenvalue weighted by molar-refractivity contribution is 6.30. The molecule has 1 saturated heterocycles. The smallest absolute Gasteiger partial charge is 0.226 e. The first kappa shape index (κ1) is 23.5. The zero-order valence-corrected chi connectivity index (χ0v) is 20.0. The first-order valence-electron chi connectivity index (χ1n) is 11.5. The molecule has 0 radical (unpaired) electrons. The van der Waals surface area contributed by atoms with E-state index < -0.39 is 0 Å². The standard InChI is InChI=1S/C26H31ClN4O2/c1-19(2)28-26(32)18-24-17-25(29-31(24)23-5-3-4-22(27)16-23)21-8-6-20(7-9-21)10-11-30-12-14-33-15-13-30/h3-9,16-17,19H,10-15,18H2,1-2H3,(H,28,32). The van der Waals surface area contributed by atoms with Crippen LogP contribution in [0.1, 0.15) is 25.1 Å². The third-order valence-electron chi connectivity index (χ3n) is 5.70. The van der Waals surface area contributed by atoms with Crippen LogP contribution in [-0.2, 0) is 22.4 Å². The predicted octanol–water partition coefficient (Wildman–Crippen LogP) is 4.13. The number of halogens is 1. The number of benzene rings is 2. The van der Waals surface area contributed by atoms with E-state index in [0.717, 1.165) is 61.9 Å². The Balaban J connectivity index is 1.54.